The van der Waals surface area contributed by atoms with Gasteiger partial charge in [-0.1, -0.05) is 19.9 Å². The average molecular weight is 337 g/mol. The first kappa shape index (κ1) is 18.3. The first-order chi connectivity index (χ1) is 11.2. The van der Waals surface area contributed by atoms with Crippen molar-refractivity contribution in [2.24, 2.45) is 10.9 Å². The average Bonchev–Trinajstić information content (AvgIpc) is 3.08. The number of thiophene rings is 1. The van der Waals surface area contributed by atoms with Crippen molar-refractivity contribution in [3.63, 3.8) is 0 Å². The number of aliphatic imine (C=N–C) groups is 1. The van der Waals surface area contributed by atoms with Crippen LogP contribution in [0.2, 0.25) is 0 Å². The molecule has 130 valence electrons. The summed E-state index contributed by atoms with van der Waals surface area (Å²) in [7, 11) is 1.84. The van der Waals surface area contributed by atoms with Crippen LogP contribution < -0.4 is 10.6 Å². The Hall–Kier alpha value is -1.07. The van der Waals surface area contributed by atoms with Gasteiger partial charge in [0.2, 0.25) is 0 Å². The summed E-state index contributed by atoms with van der Waals surface area (Å²) in [6, 6.07) is 4.32. The largest absolute Gasteiger partial charge is 0.356 e. The van der Waals surface area contributed by atoms with Crippen LogP contribution in [0.15, 0.2) is 22.5 Å². The number of likely N-dealkylation sites (tertiary alicyclic amines) is 1. The Balaban J connectivity index is 1.59. The van der Waals surface area contributed by atoms with Crippen molar-refractivity contribution in [1.29, 1.82) is 0 Å². The summed E-state index contributed by atoms with van der Waals surface area (Å²) in [6.45, 7) is 10.3. The maximum atomic E-state index is 4.32. The lowest BCUT2D eigenvalue weighted by Crippen LogP contribution is -2.41. The van der Waals surface area contributed by atoms with Crippen LogP contribution in [0.25, 0.3) is 0 Å². The van der Waals surface area contributed by atoms with Crippen molar-refractivity contribution < 1.29 is 0 Å². The molecule has 2 rings (SSSR count). The minimum Gasteiger partial charge on any atom is -0.356 e. The fourth-order valence-electron chi connectivity index (χ4n) is 3.14. The summed E-state index contributed by atoms with van der Waals surface area (Å²) < 4.78 is 0. The van der Waals surface area contributed by atoms with Gasteiger partial charge in [-0.3, -0.25) is 4.99 Å². The molecule has 2 heterocycles. The van der Waals surface area contributed by atoms with Gasteiger partial charge in [0.1, 0.15) is 0 Å². The number of rotatable bonds is 7. The highest BCUT2D eigenvalue weighted by Crippen LogP contribution is 2.19. The van der Waals surface area contributed by atoms with Gasteiger partial charge in [0, 0.05) is 37.5 Å². The minimum absolute atomic E-state index is 0.517. The second-order valence-corrected chi connectivity index (χ2v) is 7.68. The van der Waals surface area contributed by atoms with E-state index in [0.29, 0.717) is 5.92 Å². The molecule has 0 spiro atoms. The van der Waals surface area contributed by atoms with E-state index in [1.165, 1.54) is 43.8 Å². The van der Waals surface area contributed by atoms with E-state index in [-0.39, 0.29) is 0 Å². The van der Waals surface area contributed by atoms with E-state index in [1.54, 1.807) is 0 Å². The first-order valence-corrected chi connectivity index (χ1v) is 9.77. The molecule has 23 heavy (non-hydrogen) atoms. The van der Waals surface area contributed by atoms with Gasteiger partial charge in [0.15, 0.2) is 5.96 Å². The lowest BCUT2D eigenvalue weighted by molar-refractivity contribution is 0.182. The lowest BCUT2D eigenvalue weighted by atomic mass is 10.0. The molecule has 2 atom stereocenters. The summed E-state index contributed by atoms with van der Waals surface area (Å²) in [5, 5.41) is 9.01. The van der Waals surface area contributed by atoms with Crippen LogP contribution in [0.3, 0.4) is 0 Å². The summed E-state index contributed by atoms with van der Waals surface area (Å²) in [4.78, 5) is 8.35. The fraction of sp³-hybridized carbons (Fsp3) is 0.722. The van der Waals surface area contributed by atoms with Crippen molar-refractivity contribution >= 4 is 17.3 Å². The van der Waals surface area contributed by atoms with Crippen LogP contribution in [0, 0.1) is 5.92 Å². The zero-order valence-electron chi connectivity index (χ0n) is 14.8. The van der Waals surface area contributed by atoms with E-state index < -0.39 is 0 Å². The Bertz CT molecular complexity index is 458. The predicted octanol–water partition coefficient (Wildman–Crippen LogP) is 3.14. The highest BCUT2D eigenvalue weighted by molar-refractivity contribution is 7.10. The molecule has 1 aromatic heterocycles. The normalized spacial score (nSPS) is 21.2. The Morgan fingerprint density at radius 3 is 3.04 bits per heavy atom. The molecule has 1 aliphatic heterocycles. The van der Waals surface area contributed by atoms with Crippen molar-refractivity contribution in [1.82, 2.24) is 15.5 Å². The molecule has 0 bridgehead atoms. The van der Waals surface area contributed by atoms with Crippen LogP contribution in [-0.4, -0.2) is 50.6 Å². The van der Waals surface area contributed by atoms with Gasteiger partial charge in [-0.05, 0) is 49.7 Å². The van der Waals surface area contributed by atoms with Gasteiger partial charge in [0.25, 0.3) is 0 Å². The van der Waals surface area contributed by atoms with Crippen molar-refractivity contribution in [3.8, 4) is 0 Å². The first-order valence-electron chi connectivity index (χ1n) is 8.89. The highest BCUT2D eigenvalue weighted by atomic mass is 32.1. The molecule has 2 unspecified atom stereocenters. The molecule has 2 N–H and O–H groups in total. The number of hydrogen-bond acceptors (Lipinski definition) is 3. The highest BCUT2D eigenvalue weighted by Gasteiger charge is 2.15. The number of hydrogen-bond donors (Lipinski definition) is 2. The Labute approximate surface area is 145 Å². The molecule has 5 heteroatoms. The van der Waals surface area contributed by atoms with Gasteiger partial charge in [-0.25, -0.2) is 0 Å². The number of piperidine rings is 1. The van der Waals surface area contributed by atoms with Crippen LogP contribution in [0.4, 0.5) is 0 Å². The van der Waals surface area contributed by atoms with E-state index in [9.17, 15) is 0 Å². The molecule has 0 aromatic carbocycles. The third-order valence-corrected chi connectivity index (χ3v) is 5.62. The molecule has 0 radical (unpaired) electrons. The van der Waals surface area contributed by atoms with E-state index >= 15 is 0 Å². The van der Waals surface area contributed by atoms with Gasteiger partial charge >= 0.3 is 0 Å². The molecule has 0 aliphatic carbocycles. The molecular formula is C18H32N4S. The third-order valence-electron chi connectivity index (χ3n) is 4.51. The molecule has 1 fully saturated rings. The van der Waals surface area contributed by atoms with E-state index in [4.69, 9.17) is 0 Å². The molecule has 0 saturated carbocycles. The summed E-state index contributed by atoms with van der Waals surface area (Å²) in [5.41, 5.74) is 0. The van der Waals surface area contributed by atoms with Gasteiger partial charge in [-0.2, -0.15) is 0 Å². The molecule has 0 amide bonds. The van der Waals surface area contributed by atoms with Crippen LogP contribution in [0.1, 0.15) is 43.9 Å². The second kappa shape index (κ2) is 9.93. The number of guanidine groups is 1. The van der Waals surface area contributed by atoms with Crippen molar-refractivity contribution in [2.45, 2.75) is 39.0 Å². The smallest absolute Gasteiger partial charge is 0.190 e. The molecule has 1 saturated heterocycles. The Kier molecular flexibility index (Phi) is 7.89. The predicted molar refractivity (Wildman–Crippen MR) is 102 cm³/mol. The van der Waals surface area contributed by atoms with Crippen LogP contribution >= 0.6 is 11.3 Å². The maximum Gasteiger partial charge on any atom is 0.190 e. The third kappa shape index (κ3) is 6.51. The molecule has 1 aromatic rings. The van der Waals surface area contributed by atoms with E-state index in [1.807, 2.05) is 18.4 Å². The van der Waals surface area contributed by atoms with Crippen LogP contribution in [-0.2, 0) is 0 Å². The SMILES string of the molecule is CN=C(NCCCN1CCCC(C)C1)NCC(C)c1cccs1. The van der Waals surface area contributed by atoms with Crippen LogP contribution in [0.5, 0.6) is 0 Å². The summed E-state index contributed by atoms with van der Waals surface area (Å²) >= 11 is 1.82. The van der Waals surface area contributed by atoms with Gasteiger partial charge in [-0.15, -0.1) is 11.3 Å². The zero-order valence-corrected chi connectivity index (χ0v) is 15.7. The zero-order chi connectivity index (χ0) is 16.5. The van der Waals surface area contributed by atoms with E-state index in [2.05, 4.69) is 51.9 Å². The van der Waals surface area contributed by atoms with Crippen molar-refractivity contribution in [3.05, 3.63) is 22.4 Å². The standard InChI is InChI=1S/C18H32N4S/c1-15-7-4-10-22(14-15)11-6-9-20-18(19-3)21-13-16(2)17-8-5-12-23-17/h5,8,12,15-16H,4,6-7,9-11,13-14H2,1-3H3,(H2,19,20,21). The molecule has 1 aliphatic rings. The Morgan fingerprint density at radius 2 is 2.35 bits per heavy atom. The van der Waals surface area contributed by atoms with Crippen molar-refractivity contribution in [2.75, 3.05) is 39.8 Å². The molecular weight excluding hydrogens is 304 g/mol. The monoisotopic (exact) mass is 336 g/mol. The number of nitrogens with one attached hydrogen (secondary N) is 2. The summed E-state index contributed by atoms with van der Waals surface area (Å²) in [5.74, 6) is 2.30. The molecule has 4 nitrogen and oxygen atoms in total. The fourth-order valence-corrected chi connectivity index (χ4v) is 3.93. The second-order valence-electron chi connectivity index (χ2n) is 6.70. The Morgan fingerprint density at radius 1 is 1.48 bits per heavy atom. The maximum absolute atomic E-state index is 4.32. The number of nitrogens with zero attached hydrogens (tertiary/aromatic N) is 2. The minimum atomic E-state index is 0.517. The topological polar surface area (TPSA) is 39.7 Å². The van der Waals surface area contributed by atoms with Gasteiger partial charge in [0.05, 0.1) is 0 Å². The summed E-state index contributed by atoms with van der Waals surface area (Å²) in [6.07, 6.45) is 3.93. The quantitative estimate of drug-likeness (QED) is 0.456. The van der Waals surface area contributed by atoms with E-state index in [0.717, 1.165) is 25.0 Å². The van der Waals surface area contributed by atoms with Gasteiger partial charge < -0.3 is 15.5 Å². The lowest BCUT2D eigenvalue weighted by Gasteiger charge is -2.30.